The Balaban J connectivity index is 3.84. The number of aliphatic hydroxyl groups is 1. The van der Waals surface area contributed by atoms with Crippen molar-refractivity contribution in [2.75, 3.05) is 6.61 Å². The van der Waals surface area contributed by atoms with E-state index in [9.17, 15) is 4.79 Å². The maximum atomic E-state index is 11.1. The van der Waals surface area contributed by atoms with Gasteiger partial charge in [0.1, 0.15) is 0 Å². The molecule has 1 N–H and O–H groups in total. The minimum Gasteiger partial charge on any atom is -0.462 e. The Bertz CT molecular complexity index is 194. The first kappa shape index (κ1) is 12.2. The zero-order valence-electron chi connectivity index (χ0n) is 8.70. The van der Waals surface area contributed by atoms with Gasteiger partial charge in [0.25, 0.3) is 0 Å². The summed E-state index contributed by atoms with van der Waals surface area (Å²) < 4.78 is 4.95. The number of aliphatic hydroxyl groups excluding tert-OH is 1. The molecule has 0 aliphatic carbocycles. The van der Waals surface area contributed by atoms with E-state index in [-0.39, 0.29) is 18.5 Å². The lowest BCUT2D eigenvalue weighted by Crippen LogP contribution is -2.21. The zero-order chi connectivity index (χ0) is 10.4. The molecule has 3 nitrogen and oxygen atoms in total. The Morgan fingerprint density at radius 1 is 1.54 bits per heavy atom. The Morgan fingerprint density at radius 3 is 2.46 bits per heavy atom. The molecule has 0 aromatic rings. The second kappa shape index (κ2) is 5.75. The first-order valence-electron chi connectivity index (χ1n) is 4.47. The third-order valence-corrected chi connectivity index (χ3v) is 2.06. The van der Waals surface area contributed by atoms with Gasteiger partial charge in [-0.05, 0) is 20.8 Å². The number of esters is 1. The van der Waals surface area contributed by atoms with Gasteiger partial charge in [0.2, 0.25) is 0 Å². The van der Waals surface area contributed by atoms with Crippen LogP contribution in [0, 0.1) is 5.92 Å². The molecule has 3 heteroatoms. The Labute approximate surface area is 79.4 Å². The lowest BCUT2D eigenvalue weighted by molar-refractivity contribution is -0.141. The van der Waals surface area contributed by atoms with Gasteiger partial charge in [-0.15, -0.1) is 0 Å². The van der Waals surface area contributed by atoms with Crippen molar-refractivity contribution in [3.05, 3.63) is 11.6 Å². The van der Waals surface area contributed by atoms with Crippen LogP contribution in [-0.2, 0) is 9.53 Å². The standard InChI is InChI=1S/C10H18O3/c1-5-7(2)10(12)13-6-8(3)9(4)11/h5,8-9,11H,6H2,1-4H3. The number of carbonyl (C=O) groups excluding carboxylic acids is 1. The lowest BCUT2D eigenvalue weighted by Gasteiger charge is -2.14. The molecule has 2 unspecified atom stereocenters. The van der Waals surface area contributed by atoms with Crippen LogP contribution in [0.15, 0.2) is 11.6 Å². The van der Waals surface area contributed by atoms with E-state index >= 15 is 0 Å². The van der Waals surface area contributed by atoms with Crippen LogP contribution >= 0.6 is 0 Å². The second-order valence-electron chi connectivity index (χ2n) is 3.29. The molecule has 0 aliphatic heterocycles. The van der Waals surface area contributed by atoms with Gasteiger partial charge in [-0.1, -0.05) is 13.0 Å². The highest BCUT2D eigenvalue weighted by Gasteiger charge is 2.12. The summed E-state index contributed by atoms with van der Waals surface area (Å²) in [6.45, 7) is 7.27. The van der Waals surface area contributed by atoms with E-state index in [0.29, 0.717) is 5.57 Å². The summed E-state index contributed by atoms with van der Waals surface area (Å²) >= 11 is 0. The molecule has 13 heavy (non-hydrogen) atoms. The zero-order valence-corrected chi connectivity index (χ0v) is 8.70. The summed E-state index contributed by atoms with van der Waals surface area (Å²) in [4.78, 5) is 11.1. The molecule has 0 heterocycles. The summed E-state index contributed by atoms with van der Waals surface area (Å²) in [5.41, 5.74) is 0.595. The Hall–Kier alpha value is -0.830. The van der Waals surface area contributed by atoms with E-state index in [4.69, 9.17) is 9.84 Å². The summed E-state index contributed by atoms with van der Waals surface area (Å²) in [6.07, 6.45) is 1.26. The quantitative estimate of drug-likeness (QED) is 0.534. The number of carbonyl (C=O) groups is 1. The maximum absolute atomic E-state index is 11.1. The van der Waals surface area contributed by atoms with Gasteiger partial charge in [-0.2, -0.15) is 0 Å². The van der Waals surface area contributed by atoms with Gasteiger partial charge in [-0.3, -0.25) is 0 Å². The number of ether oxygens (including phenoxy) is 1. The molecule has 0 radical (unpaired) electrons. The molecular weight excluding hydrogens is 168 g/mol. The largest absolute Gasteiger partial charge is 0.462 e. The summed E-state index contributed by atoms with van der Waals surface area (Å²) in [7, 11) is 0. The molecule has 0 aromatic heterocycles. The van der Waals surface area contributed by atoms with Crippen LogP contribution in [0.25, 0.3) is 0 Å². The topological polar surface area (TPSA) is 46.5 Å². The smallest absolute Gasteiger partial charge is 0.333 e. The summed E-state index contributed by atoms with van der Waals surface area (Å²) in [6, 6.07) is 0. The molecule has 0 aromatic carbocycles. The van der Waals surface area contributed by atoms with E-state index in [2.05, 4.69) is 0 Å². The second-order valence-corrected chi connectivity index (χ2v) is 3.29. The average Bonchev–Trinajstić information content (AvgIpc) is 2.11. The highest BCUT2D eigenvalue weighted by molar-refractivity contribution is 5.87. The third kappa shape index (κ3) is 4.68. The molecule has 0 bridgehead atoms. The fourth-order valence-corrected chi connectivity index (χ4v) is 0.578. The average molecular weight is 186 g/mol. The van der Waals surface area contributed by atoms with E-state index in [1.54, 1.807) is 26.8 Å². The third-order valence-electron chi connectivity index (χ3n) is 2.06. The van der Waals surface area contributed by atoms with E-state index in [0.717, 1.165) is 0 Å². The molecular formula is C10H18O3. The minimum atomic E-state index is -0.446. The normalized spacial score (nSPS) is 16.5. The molecule has 76 valence electrons. The number of hydrogen-bond acceptors (Lipinski definition) is 3. The highest BCUT2D eigenvalue weighted by Crippen LogP contribution is 2.04. The molecule has 0 saturated carbocycles. The van der Waals surface area contributed by atoms with Crippen LogP contribution in [0.1, 0.15) is 27.7 Å². The van der Waals surface area contributed by atoms with Crippen molar-refractivity contribution in [2.24, 2.45) is 5.92 Å². The highest BCUT2D eigenvalue weighted by atomic mass is 16.5. The van der Waals surface area contributed by atoms with Gasteiger partial charge >= 0.3 is 5.97 Å². The number of hydrogen-bond donors (Lipinski definition) is 1. The molecule has 0 fully saturated rings. The molecule has 0 amide bonds. The van der Waals surface area contributed by atoms with Gasteiger partial charge in [0, 0.05) is 11.5 Å². The van der Waals surface area contributed by atoms with Crippen LogP contribution in [0.4, 0.5) is 0 Å². The monoisotopic (exact) mass is 186 g/mol. The minimum absolute atomic E-state index is 0.0198. The lowest BCUT2D eigenvalue weighted by atomic mass is 10.1. The molecule has 0 aliphatic rings. The molecule has 0 rings (SSSR count). The van der Waals surface area contributed by atoms with Crippen LogP contribution in [0.3, 0.4) is 0 Å². The van der Waals surface area contributed by atoms with Crippen molar-refractivity contribution in [3.63, 3.8) is 0 Å². The van der Waals surface area contributed by atoms with Gasteiger partial charge in [0.15, 0.2) is 0 Å². The van der Waals surface area contributed by atoms with E-state index in [1.165, 1.54) is 0 Å². The first-order chi connectivity index (χ1) is 5.99. The molecule has 0 spiro atoms. The fraction of sp³-hybridized carbons (Fsp3) is 0.700. The van der Waals surface area contributed by atoms with Gasteiger partial charge in [0.05, 0.1) is 12.7 Å². The first-order valence-corrected chi connectivity index (χ1v) is 4.47. The van der Waals surface area contributed by atoms with E-state index < -0.39 is 6.10 Å². The van der Waals surface area contributed by atoms with Crippen molar-refractivity contribution in [1.82, 2.24) is 0 Å². The number of allylic oxidation sites excluding steroid dienone is 1. The van der Waals surface area contributed by atoms with Crippen molar-refractivity contribution >= 4 is 5.97 Å². The van der Waals surface area contributed by atoms with E-state index in [1.807, 2.05) is 6.92 Å². The maximum Gasteiger partial charge on any atom is 0.333 e. The fourth-order valence-electron chi connectivity index (χ4n) is 0.578. The Kier molecular flexibility index (Phi) is 5.39. The SMILES string of the molecule is CC=C(C)C(=O)OCC(C)C(C)O. The number of rotatable bonds is 4. The van der Waals surface area contributed by atoms with Crippen LogP contribution in [-0.4, -0.2) is 23.8 Å². The van der Waals surface area contributed by atoms with Crippen molar-refractivity contribution in [1.29, 1.82) is 0 Å². The van der Waals surface area contributed by atoms with Crippen LogP contribution in [0.5, 0.6) is 0 Å². The summed E-state index contributed by atoms with van der Waals surface area (Å²) in [5, 5.41) is 9.12. The molecule has 0 saturated heterocycles. The van der Waals surface area contributed by atoms with Crippen molar-refractivity contribution in [2.45, 2.75) is 33.8 Å². The van der Waals surface area contributed by atoms with Crippen molar-refractivity contribution < 1.29 is 14.6 Å². The van der Waals surface area contributed by atoms with Crippen molar-refractivity contribution in [3.8, 4) is 0 Å². The summed E-state index contributed by atoms with van der Waals surface area (Å²) in [5.74, 6) is -0.330. The van der Waals surface area contributed by atoms with Gasteiger partial charge in [-0.25, -0.2) is 4.79 Å². The van der Waals surface area contributed by atoms with Crippen LogP contribution in [0.2, 0.25) is 0 Å². The van der Waals surface area contributed by atoms with Gasteiger partial charge < -0.3 is 9.84 Å². The molecule has 2 atom stereocenters. The Morgan fingerprint density at radius 2 is 2.08 bits per heavy atom. The predicted octanol–water partition coefficient (Wildman–Crippen LogP) is 1.51. The predicted molar refractivity (Wildman–Crippen MR) is 51.2 cm³/mol. The van der Waals surface area contributed by atoms with Crippen LogP contribution < -0.4 is 0 Å².